The summed E-state index contributed by atoms with van der Waals surface area (Å²) in [7, 11) is 2.15. The number of esters is 1. The first-order valence-corrected chi connectivity index (χ1v) is 7.75. The first kappa shape index (κ1) is 16.4. The topological polar surface area (TPSA) is 41.6 Å². The van der Waals surface area contributed by atoms with Crippen molar-refractivity contribution in [1.82, 2.24) is 10.2 Å². The first-order chi connectivity index (χ1) is 9.12. The summed E-state index contributed by atoms with van der Waals surface area (Å²) in [6.45, 7) is 7.70. The predicted octanol–water partition coefficient (Wildman–Crippen LogP) is 2.18. The van der Waals surface area contributed by atoms with Crippen molar-refractivity contribution in [3.8, 4) is 0 Å². The number of hydrogen-bond donors (Lipinski definition) is 1. The van der Waals surface area contributed by atoms with Crippen molar-refractivity contribution in [3.63, 3.8) is 0 Å². The maximum absolute atomic E-state index is 11.9. The lowest BCUT2D eigenvalue weighted by molar-refractivity contribution is -0.146. The average molecular weight is 270 g/mol. The number of carbonyl (C=O) groups excluding carboxylic acids is 1. The number of nitrogens with zero attached hydrogens (tertiary/aromatic N) is 1. The summed E-state index contributed by atoms with van der Waals surface area (Å²) in [5, 5.41) is 3.40. The maximum Gasteiger partial charge on any atom is 0.323 e. The van der Waals surface area contributed by atoms with Gasteiger partial charge in [0, 0.05) is 18.6 Å². The molecular formula is C15H30N2O2. The van der Waals surface area contributed by atoms with Gasteiger partial charge in [-0.05, 0) is 46.1 Å². The van der Waals surface area contributed by atoms with Gasteiger partial charge in [-0.3, -0.25) is 4.79 Å². The molecule has 1 N–H and O–H groups in total. The second-order valence-corrected chi connectivity index (χ2v) is 5.49. The van der Waals surface area contributed by atoms with Crippen LogP contribution in [0.15, 0.2) is 0 Å². The van der Waals surface area contributed by atoms with Crippen LogP contribution in [0.25, 0.3) is 0 Å². The molecule has 0 aromatic rings. The second kappa shape index (κ2) is 8.54. The quantitative estimate of drug-likeness (QED) is 0.618. The zero-order chi connectivity index (χ0) is 14.3. The van der Waals surface area contributed by atoms with Crippen molar-refractivity contribution in [2.75, 3.05) is 20.2 Å². The van der Waals surface area contributed by atoms with Crippen molar-refractivity contribution >= 4 is 5.97 Å². The Balaban J connectivity index is 2.40. The van der Waals surface area contributed by atoms with Crippen LogP contribution in [-0.2, 0) is 9.53 Å². The largest absolute Gasteiger partial charge is 0.465 e. The minimum absolute atomic E-state index is 0.0904. The van der Waals surface area contributed by atoms with E-state index < -0.39 is 0 Å². The SMILES string of the molecule is CCOC(=O)C(CCN(C)C(CC)CC)NC1CC1. The molecular weight excluding hydrogens is 240 g/mol. The third-order valence-electron chi connectivity index (χ3n) is 3.92. The smallest absolute Gasteiger partial charge is 0.323 e. The van der Waals surface area contributed by atoms with Gasteiger partial charge >= 0.3 is 5.97 Å². The molecule has 112 valence electrons. The van der Waals surface area contributed by atoms with Crippen molar-refractivity contribution in [2.24, 2.45) is 0 Å². The molecule has 0 aliphatic heterocycles. The van der Waals surface area contributed by atoms with Crippen molar-refractivity contribution < 1.29 is 9.53 Å². The monoisotopic (exact) mass is 270 g/mol. The van der Waals surface area contributed by atoms with Crippen molar-refractivity contribution in [2.45, 2.75) is 71.0 Å². The van der Waals surface area contributed by atoms with E-state index in [9.17, 15) is 4.79 Å². The normalized spacial score (nSPS) is 16.9. The number of carbonyl (C=O) groups is 1. The van der Waals surface area contributed by atoms with Crippen LogP contribution in [0.3, 0.4) is 0 Å². The highest BCUT2D eigenvalue weighted by molar-refractivity contribution is 5.75. The summed E-state index contributed by atoms with van der Waals surface area (Å²) in [6, 6.07) is 1.01. The molecule has 4 heteroatoms. The van der Waals surface area contributed by atoms with Gasteiger partial charge in [-0.2, -0.15) is 0 Å². The lowest BCUT2D eigenvalue weighted by Crippen LogP contribution is -2.43. The number of rotatable bonds is 10. The van der Waals surface area contributed by atoms with E-state index in [0.29, 0.717) is 18.7 Å². The zero-order valence-electron chi connectivity index (χ0n) is 12.9. The maximum atomic E-state index is 11.9. The number of nitrogens with one attached hydrogen (secondary N) is 1. The Hall–Kier alpha value is -0.610. The van der Waals surface area contributed by atoms with E-state index >= 15 is 0 Å². The highest BCUT2D eigenvalue weighted by Gasteiger charge is 2.29. The second-order valence-electron chi connectivity index (χ2n) is 5.49. The van der Waals surface area contributed by atoms with Crippen LogP contribution >= 0.6 is 0 Å². The Morgan fingerprint density at radius 1 is 1.32 bits per heavy atom. The highest BCUT2D eigenvalue weighted by atomic mass is 16.5. The van der Waals surface area contributed by atoms with Gasteiger partial charge in [-0.25, -0.2) is 0 Å². The molecule has 1 aliphatic carbocycles. The van der Waals surface area contributed by atoms with E-state index in [-0.39, 0.29) is 12.0 Å². The van der Waals surface area contributed by atoms with Gasteiger partial charge in [0.1, 0.15) is 6.04 Å². The average Bonchev–Trinajstić information content (AvgIpc) is 3.20. The van der Waals surface area contributed by atoms with Gasteiger partial charge < -0.3 is 15.0 Å². The predicted molar refractivity (Wildman–Crippen MR) is 78.2 cm³/mol. The van der Waals surface area contributed by atoms with Gasteiger partial charge in [0.2, 0.25) is 0 Å². The third kappa shape index (κ3) is 5.91. The third-order valence-corrected chi connectivity index (χ3v) is 3.92. The fourth-order valence-electron chi connectivity index (χ4n) is 2.47. The zero-order valence-corrected chi connectivity index (χ0v) is 12.9. The van der Waals surface area contributed by atoms with Gasteiger partial charge in [0.05, 0.1) is 6.61 Å². The molecule has 1 saturated carbocycles. The van der Waals surface area contributed by atoms with Crippen LogP contribution in [0.1, 0.15) is 52.9 Å². The summed E-state index contributed by atoms with van der Waals surface area (Å²) < 4.78 is 5.16. The summed E-state index contributed by atoms with van der Waals surface area (Å²) >= 11 is 0. The molecule has 0 amide bonds. The van der Waals surface area contributed by atoms with Gasteiger partial charge in [-0.1, -0.05) is 13.8 Å². The fraction of sp³-hybridized carbons (Fsp3) is 0.933. The molecule has 1 fully saturated rings. The van der Waals surface area contributed by atoms with E-state index in [1.165, 1.54) is 12.8 Å². The fourth-order valence-corrected chi connectivity index (χ4v) is 2.47. The van der Waals surface area contributed by atoms with Crippen LogP contribution < -0.4 is 5.32 Å². The first-order valence-electron chi connectivity index (χ1n) is 7.75. The summed E-state index contributed by atoms with van der Waals surface area (Å²) in [6.07, 6.45) is 5.54. The molecule has 1 unspecified atom stereocenters. The van der Waals surface area contributed by atoms with Crippen LogP contribution in [0.4, 0.5) is 0 Å². The summed E-state index contributed by atoms with van der Waals surface area (Å²) in [4.78, 5) is 14.3. The van der Waals surface area contributed by atoms with Crippen LogP contribution in [0.2, 0.25) is 0 Å². The molecule has 0 heterocycles. The van der Waals surface area contributed by atoms with Gasteiger partial charge in [0.15, 0.2) is 0 Å². The molecule has 1 rings (SSSR count). The minimum atomic E-state index is -0.135. The van der Waals surface area contributed by atoms with Crippen LogP contribution in [0.5, 0.6) is 0 Å². The molecule has 0 aromatic carbocycles. The Morgan fingerprint density at radius 3 is 2.42 bits per heavy atom. The molecule has 1 aliphatic rings. The lowest BCUT2D eigenvalue weighted by atomic mass is 10.1. The molecule has 0 radical (unpaired) electrons. The summed E-state index contributed by atoms with van der Waals surface area (Å²) in [5.74, 6) is -0.0904. The van der Waals surface area contributed by atoms with Gasteiger partial charge in [0.25, 0.3) is 0 Å². The molecule has 0 aromatic heterocycles. The molecule has 0 spiro atoms. The standard InChI is InChI=1S/C15H30N2O2/c1-5-13(6-2)17(4)11-10-14(15(18)19-7-3)16-12-8-9-12/h12-14,16H,5-11H2,1-4H3. The van der Waals surface area contributed by atoms with E-state index in [1.54, 1.807) is 0 Å². The summed E-state index contributed by atoms with van der Waals surface area (Å²) in [5.41, 5.74) is 0. The van der Waals surface area contributed by atoms with E-state index in [0.717, 1.165) is 25.8 Å². The Labute approximate surface area is 117 Å². The van der Waals surface area contributed by atoms with E-state index in [4.69, 9.17) is 4.74 Å². The van der Waals surface area contributed by atoms with E-state index in [2.05, 4.69) is 31.1 Å². The Kier molecular flexibility index (Phi) is 7.39. The number of hydrogen-bond acceptors (Lipinski definition) is 4. The molecule has 4 nitrogen and oxygen atoms in total. The minimum Gasteiger partial charge on any atom is -0.465 e. The molecule has 1 atom stereocenters. The van der Waals surface area contributed by atoms with Gasteiger partial charge in [-0.15, -0.1) is 0 Å². The van der Waals surface area contributed by atoms with Crippen molar-refractivity contribution in [3.05, 3.63) is 0 Å². The molecule has 0 saturated heterocycles. The van der Waals surface area contributed by atoms with Crippen molar-refractivity contribution in [1.29, 1.82) is 0 Å². The number of ether oxygens (including phenoxy) is 1. The Bertz CT molecular complexity index is 263. The lowest BCUT2D eigenvalue weighted by Gasteiger charge is -2.27. The Morgan fingerprint density at radius 2 is 1.95 bits per heavy atom. The highest BCUT2D eigenvalue weighted by Crippen LogP contribution is 2.20. The van der Waals surface area contributed by atoms with Crippen LogP contribution in [0, 0.1) is 0 Å². The van der Waals surface area contributed by atoms with Crippen LogP contribution in [-0.4, -0.2) is 49.2 Å². The van der Waals surface area contributed by atoms with E-state index in [1.807, 2.05) is 6.92 Å². The molecule has 0 bridgehead atoms. The molecule has 19 heavy (non-hydrogen) atoms.